The van der Waals surface area contributed by atoms with E-state index >= 15 is 0 Å². The zero-order chi connectivity index (χ0) is 11.7. The molecule has 0 aromatic rings. The Kier molecular flexibility index (Phi) is 7.68. The first-order valence-electron chi connectivity index (χ1n) is 5.57. The quantitative estimate of drug-likeness (QED) is 0.607. The van der Waals surface area contributed by atoms with Gasteiger partial charge in [0, 0.05) is 18.9 Å². The van der Waals surface area contributed by atoms with Gasteiger partial charge in [0.15, 0.2) is 0 Å². The second-order valence-corrected chi connectivity index (χ2v) is 3.83. The number of hydrogen-bond acceptors (Lipinski definition) is 2. The summed E-state index contributed by atoms with van der Waals surface area (Å²) < 4.78 is 0. The number of carbonyl (C=O) groups excluding carboxylic acids is 1. The first kappa shape index (κ1) is 13.9. The van der Waals surface area contributed by atoms with Crippen LogP contribution < -0.4 is 5.32 Å². The third-order valence-corrected chi connectivity index (χ3v) is 2.30. The van der Waals surface area contributed by atoms with Crippen molar-refractivity contribution >= 4 is 11.9 Å². The van der Waals surface area contributed by atoms with Crippen LogP contribution in [0.5, 0.6) is 0 Å². The Hall–Kier alpha value is -1.06. The van der Waals surface area contributed by atoms with Crippen molar-refractivity contribution in [2.24, 2.45) is 5.92 Å². The summed E-state index contributed by atoms with van der Waals surface area (Å²) in [5.41, 5.74) is 0. The molecule has 0 aliphatic carbocycles. The van der Waals surface area contributed by atoms with E-state index in [-0.39, 0.29) is 18.2 Å². The molecule has 0 saturated carbocycles. The molecule has 0 spiro atoms. The van der Waals surface area contributed by atoms with E-state index in [2.05, 4.69) is 12.2 Å². The van der Waals surface area contributed by atoms with Crippen LogP contribution in [0.25, 0.3) is 0 Å². The Balaban J connectivity index is 3.51. The lowest BCUT2D eigenvalue weighted by Gasteiger charge is -2.10. The summed E-state index contributed by atoms with van der Waals surface area (Å²) in [5.74, 6) is -0.744. The van der Waals surface area contributed by atoms with E-state index in [0.717, 1.165) is 19.3 Å². The molecule has 1 unspecified atom stereocenters. The summed E-state index contributed by atoms with van der Waals surface area (Å²) in [6.45, 7) is 4.46. The van der Waals surface area contributed by atoms with Crippen molar-refractivity contribution in [2.75, 3.05) is 6.54 Å². The molecule has 1 atom stereocenters. The number of hydrogen-bond donors (Lipinski definition) is 2. The standard InChI is InChI=1S/C11H21NO3/c1-3-4-6-9(2)11(15)12-8-5-7-10(13)14/h9H,3-8H2,1-2H3,(H,12,15)(H,13,14). The molecule has 0 aliphatic heterocycles. The van der Waals surface area contributed by atoms with Crippen molar-refractivity contribution < 1.29 is 14.7 Å². The van der Waals surface area contributed by atoms with Crippen LogP contribution in [0.4, 0.5) is 0 Å². The SMILES string of the molecule is CCCCC(C)C(=O)NCCCC(=O)O. The van der Waals surface area contributed by atoms with Crippen molar-refractivity contribution in [3.63, 3.8) is 0 Å². The lowest BCUT2D eigenvalue weighted by atomic mass is 10.0. The van der Waals surface area contributed by atoms with E-state index < -0.39 is 5.97 Å². The highest BCUT2D eigenvalue weighted by atomic mass is 16.4. The van der Waals surface area contributed by atoms with Crippen LogP contribution in [0.15, 0.2) is 0 Å². The number of rotatable bonds is 8. The van der Waals surface area contributed by atoms with Crippen molar-refractivity contribution in [1.82, 2.24) is 5.32 Å². The zero-order valence-corrected chi connectivity index (χ0v) is 9.58. The molecular weight excluding hydrogens is 194 g/mol. The van der Waals surface area contributed by atoms with Crippen LogP contribution in [0.1, 0.15) is 46.0 Å². The van der Waals surface area contributed by atoms with Gasteiger partial charge in [0.2, 0.25) is 5.91 Å². The molecule has 1 amide bonds. The van der Waals surface area contributed by atoms with E-state index in [9.17, 15) is 9.59 Å². The Labute approximate surface area is 91.1 Å². The molecular formula is C11H21NO3. The minimum absolute atomic E-state index is 0.0360. The average Bonchev–Trinajstić information content (AvgIpc) is 2.20. The number of aliphatic carboxylic acids is 1. The summed E-state index contributed by atoms with van der Waals surface area (Å²) in [7, 11) is 0. The van der Waals surface area contributed by atoms with Gasteiger partial charge in [-0.25, -0.2) is 0 Å². The Bertz CT molecular complexity index is 204. The Morgan fingerprint density at radius 3 is 2.53 bits per heavy atom. The molecule has 4 nitrogen and oxygen atoms in total. The van der Waals surface area contributed by atoms with Gasteiger partial charge in [-0.2, -0.15) is 0 Å². The summed E-state index contributed by atoms with van der Waals surface area (Å²) in [4.78, 5) is 21.6. The molecule has 2 N–H and O–H groups in total. The second-order valence-electron chi connectivity index (χ2n) is 3.83. The highest BCUT2D eigenvalue weighted by Gasteiger charge is 2.11. The van der Waals surface area contributed by atoms with Crippen LogP contribution in [-0.4, -0.2) is 23.5 Å². The monoisotopic (exact) mass is 215 g/mol. The first-order valence-corrected chi connectivity index (χ1v) is 5.57. The van der Waals surface area contributed by atoms with Gasteiger partial charge in [-0.3, -0.25) is 9.59 Å². The normalized spacial score (nSPS) is 12.1. The minimum atomic E-state index is -0.816. The van der Waals surface area contributed by atoms with E-state index in [1.54, 1.807) is 0 Å². The molecule has 0 fully saturated rings. The van der Waals surface area contributed by atoms with Crippen LogP contribution in [-0.2, 0) is 9.59 Å². The van der Waals surface area contributed by atoms with Gasteiger partial charge in [0.05, 0.1) is 0 Å². The average molecular weight is 215 g/mol. The third kappa shape index (κ3) is 7.97. The predicted octanol–water partition coefficient (Wildman–Crippen LogP) is 1.79. The maximum Gasteiger partial charge on any atom is 0.303 e. The maximum atomic E-state index is 11.4. The largest absolute Gasteiger partial charge is 0.481 e. The Morgan fingerprint density at radius 1 is 1.33 bits per heavy atom. The van der Waals surface area contributed by atoms with Gasteiger partial charge in [-0.05, 0) is 12.8 Å². The van der Waals surface area contributed by atoms with Gasteiger partial charge in [-0.15, -0.1) is 0 Å². The van der Waals surface area contributed by atoms with Crippen LogP contribution >= 0.6 is 0 Å². The van der Waals surface area contributed by atoms with E-state index in [1.807, 2.05) is 6.92 Å². The van der Waals surface area contributed by atoms with E-state index in [1.165, 1.54) is 0 Å². The second kappa shape index (κ2) is 8.26. The number of carbonyl (C=O) groups is 2. The lowest BCUT2D eigenvalue weighted by Crippen LogP contribution is -2.30. The smallest absolute Gasteiger partial charge is 0.303 e. The number of carboxylic acid groups (broad SMARTS) is 1. The van der Waals surface area contributed by atoms with Gasteiger partial charge < -0.3 is 10.4 Å². The van der Waals surface area contributed by atoms with Gasteiger partial charge in [-0.1, -0.05) is 26.7 Å². The molecule has 0 aromatic heterocycles. The van der Waals surface area contributed by atoms with Gasteiger partial charge in [0.25, 0.3) is 0 Å². The topological polar surface area (TPSA) is 66.4 Å². The highest BCUT2D eigenvalue weighted by Crippen LogP contribution is 2.07. The fourth-order valence-electron chi connectivity index (χ4n) is 1.27. The number of unbranched alkanes of at least 4 members (excludes halogenated alkanes) is 1. The first-order chi connectivity index (χ1) is 7.07. The summed E-state index contributed by atoms with van der Waals surface area (Å²) in [5, 5.41) is 11.1. The Morgan fingerprint density at radius 2 is 2.00 bits per heavy atom. The fraction of sp³-hybridized carbons (Fsp3) is 0.818. The molecule has 0 aromatic carbocycles. The van der Waals surface area contributed by atoms with Crippen molar-refractivity contribution in [3.8, 4) is 0 Å². The summed E-state index contributed by atoms with van der Waals surface area (Å²) in [6, 6.07) is 0. The molecule has 0 bridgehead atoms. The molecule has 0 aliphatic rings. The highest BCUT2D eigenvalue weighted by molar-refractivity contribution is 5.78. The van der Waals surface area contributed by atoms with Gasteiger partial charge >= 0.3 is 5.97 Å². The predicted molar refractivity (Wildman–Crippen MR) is 58.6 cm³/mol. The third-order valence-electron chi connectivity index (χ3n) is 2.30. The van der Waals surface area contributed by atoms with Crippen LogP contribution in [0.3, 0.4) is 0 Å². The molecule has 0 radical (unpaired) electrons. The fourth-order valence-corrected chi connectivity index (χ4v) is 1.27. The summed E-state index contributed by atoms with van der Waals surface area (Å²) >= 11 is 0. The lowest BCUT2D eigenvalue weighted by molar-refractivity contribution is -0.137. The summed E-state index contributed by atoms with van der Waals surface area (Å²) in [6.07, 6.45) is 3.67. The van der Waals surface area contributed by atoms with E-state index in [4.69, 9.17) is 5.11 Å². The van der Waals surface area contributed by atoms with Crippen molar-refractivity contribution in [1.29, 1.82) is 0 Å². The molecule has 15 heavy (non-hydrogen) atoms. The number of carboxylic acids is 1. The van der Waals surface area contributed by atoms with E-state index in [0.29, 0.717) is 13.0 Å². The molecule has 88 valence electrons. The maximum absolute atomic E-state index is 11.4. The minimum Gasteiger partial charge on any atom is -0.481 e. The van der Waals surface area contributed by atoms with Crippen molar-refractivity contribution in [3.05, 3.63) is 0 Å². The van der Waals surface area contributed by atoms with Gasteiger partial charge in [0.1, 0.15) is 0 Å². The number of amides is 1. The molecule has 0 saturated heterocycles. The number of nitrogens with one attached hydrogen (secondary N) is 1. The zero-order valence-electron chi connectivity index (χ0n) is 9.58. The van der Waals surface area contributed by atoms with Crippen LogP contribution in [0.2, 0.25) is 0 Å². The molecule has 0 heterocycles. The van der Waals surface area contributed by atoms with Crippen LogP contribution in [0, 0.1) is 5.92 Å². The molecule has 4 heteroatoms. The molecule has 0 rings (SSSR count). The van der Waals surface area contributed by atoms with Crippen molar-refractivity contribution in [2.45, 2.75) is 46.0 Å².